The van der Waals surface area contributed by atoms with Crippen molar-refractivity contribution in [1.29, 1.82) is 0 Å². The van der Waals surface area contributed by atoms with Gasteiger partial charge in [-0.05, 0) is 31.5 Å². The molecule has 1 N–H and O–H groups in total. The largest absolute Gasteiger partial charge is 0.347 e. The topological polar surface area (TPSA) is 58.1 Å². The number of hydrogen-bond acceptors (Lipinski definition) is 4. The number of aromatic nitrogens is 2. The van der Waals surface area contributed by atoms with Crippen molar-refractivity contribution in [3.05, 3.63) is 52.8 Å². The van der Waals surface area contributed by atoms with Crippen LogP contribution in [0.25, 0.3) is 0 Å². The normalized spacial score (nSPS) is 10.3. The zero-order valence-electron chi connectivity index (χ0n) is 12.8. The van der Waals surface area contributed by atoms with Gasteiger partial charge in [0.25, 0.3) is 5.91 Å². The molecule has 21 heavy (non-hydrogen) atoms. The first-order valence-corrected chi connectivity index (χ1v) is 6.82. The number of rotatable bonds is 4. The van der Waals surface area contributed by atoms with E-state index in [1.807, 2.05) is 51.0 Å². The van der Waals surface area contributed by atoms with Crippen LogP contribution in [-0.4, -0.2) is 30.0 Å². The fourth-order valence-corrected chi connectivity index (χ4v) is 1.95. The van der Waals surface area contributed by atoms with Crippen LogP contribution in [-0.2, 0) is 6.54 Å². The van der Waals surface area contributed by atoms with Crippen LogP contribution < -0.4 is 10.2 Å². The van der Waals surface area contributed by atoms with Gasteiger partial charge < -0.3 is 10.2 Å². The minimum atomic E-state index is -0.0822. The van der Waals surface area contributed by atoms with Gasteiger partial charge in [-0.3, -0.25) is 4.79 Å². The Morgan fingerprint density at radius 3 is 2.71 bits per heavy atom. The Morgan fingerprint density at radius 2 is 2.00 bits per heavy atom. The number of anilines is 1. The number of carbonyl (C=O) groups excluding carboxylic acids is 1. The van der Waals surface area contributed by atoms with Gasteiger partial charge in [0.1, 0.15) is 0 Å². The maximum absolute atomic E-state index is 12.2. The number of amides is 1. The molecule has 0 aliphatic heterocycles. The molecule has 0 saturated heterocycles. The lowest BCUT2D eigenvalue weighted by atomic mass is 10.1. The predicted molar refractivity (Wildman–Crippen MR) is 83.4 cm³/mol. The molecule has 0 radical (unpaired) electrons. The third-order valence-corrected chi connectivity index (χ3v) is 3.17. The minimum absolute atomic E-state index is 0.0822. The summed E-state index contributed by atoms with van der Waals surface area (Å²) >= 11 is 0. The van der Waals surface area contributed by atoms with Crippen molar-refractivity contribution in [3.8, 4) is 0 Å². The SMILES string of the molecule is Cc1ccc(C)c(C(=O)NCc2ccnc(N(C)C)n2)c1. The molecule has 0 atom stereocenters. The Morgan fingerprint density at radius 1 is 1.24 bits per heavy atom. The van der Waals surface area contributed by atoms with E-state index in [1.54, 1.807) is 12.3 Å². The smallest absolute Gasteiger partial charge is 0.251 e. The Hall–Kier alpha value is -2.43. The molecule has 0 aliphatic rings. The summed E-state index contributed by atoms with van der Waals surface area (Å²) in [5.74, 6) is 0.551. The lowest BCUT2D eigenvalue weighted by Crippen LogP contribution is -2.24. The maximum atomic E-state index is 12.2. The first-order valence-electron chi connectivity index (χ1n) is 6.82. The van der Waals surface area contributed by atoms with Gasteiger partial charge in [0, 0.05) is 25.9 Å². The van der Waals surface area contributed by atoms with Crippen molar-refractivity contribution in [1.82, 2.24) is 15.3 Å². The summed E-state index contributed by atoms with van der Waals surface area (Å²) < 4.78 is 0. The Kier molecular flexibility index (Phi) is 4.52. The van der Waals surface area contributed by atoms with E-state index in [2.05, 4.69) is 15.3 Å². The number of benzene rings is 1. The van der Waals surface area contributed by atoms with E-state index < -0.39 is 0 Å². The van der Waals surface area contributed by atoms with Crippen molar-refractivity contribution >= 4 is 11.9 Å². The first-order chi connectivity index (χ1) is 9.97. The zero-order chi connectivity index (χ0) is 15.4. The number of nitrogens with zero attached hydrogens (tertiary/aromatic N) is 3. The second-order valence-corrected chi connectivity index (χ2v) is 5.24. The van der Waals surface area contributed by atoms with Gasteiger partial charge in [0.05, 0.1) is 12.2 Å². The third-order valence-electron chi connectivity index (χ3n) is 3.17. The zero-order valence-corrected chi connectivity index (χ0v) is 12.8. The van der Waals surface area contributed by atoms with Crippen molar-refractivity contribution in [2.45, 2.75) is 20.4 Å². The lowest BCUT2D eigenvalue weighted by Gasteiger charge is -2.12. The molecule has 0 saturated carbocycles. The van der Waals surface area contributed by atoms with Crippen molar-refractivity contribution in [3.63, 3.8) is 0 Å². The monoisotopic (exact) mass is 284 g/mol. The van der Waals surface area contributed by atoms with Crippen LogP contribution in [0.5, 0.6) is 0 Å². The fourth-order valence-electron chi connectivity index (χ4n) is 1.95. The Labute approximate surface area is 125 Å². The third kappa shape index (κ3) is 3.78. The van der Waals surface area contributed by atoms with Gasteiger partial charge in [-0.1, -0.05) is 17.7 Å². The highest BCUT2D eigenvalue weighted by atomic mass is 16.1. The molecule has 2 aromatic rings. The number of aryl methyl sites for hydroxylation is 2. The number of hydrogen-bond donors (Lipinski definition) is 1. The molecule has 110 valence electrons. The van der Waals surface area contributed by atoms with E-state index in [9.17, 15) is 4.79 Å². The first kappa shape index (κ1) is 15.0. The summed E-state index contributed by atoms with van der Waals surface area (Å²) in [7, 11) is 3.77. The molecule has 1 heterocycles. The van der Waals surface area contributed by atoms with E-state index in [0.717, 1.165) is 16.8 Å². The maximum Gasteiger partial charge on any atom is 0.251 e. The summed E-state index contributed by atoms with van der Waals surface area (Å²) in [5.41, 5.74) is 3.53. The summed E-state index contributed by atoms with van der Waals surface area (Å²) in [4.78, 5) is 22.6. The molecule has 5 nitrogen and oxygen atoms in total. The van der Waals surface area contributed by atoms with Crippen LogP contribution in [0.3, 0.4) is 0 Å². The molecule has 0 fully saturated rings. The van der Waals surface area contributed by atoms with Gasteiger partial charge >= 0.3 is 0 Å². The quantitative estimate of drug-likeness (QED) is 0.934. The number of nitrogens with one attached hydrogen (secondary N) is 1. The van der Waals surface area contributed by atoms with Crippen molar-refractivity contribution in [2.75, 3.05) is 19.0 Å². The van der Waals surface area contributed by atoms with E-state index in [0.29, 0.717) is 18.1 Å². The molecular formula is C16H20N4O. The standard InChI is InChI=1S/C16H20N4O/c1-11-5-6-12(2)14(9-11)15(21)18-10-13-7-8-17-16(19-13)20(3)4/h5-9H,10H2,1-4H3,(H,18,21). The van der Waals surface area contributed by atoms with E-state index in [-0.39, 0.29) is 5.91 Å². The summed E-state index contributed by atoms with van der Waals surface area (Å²) in [6.45, 7) is 4.29. The van der Waals surface area contributed by atoms with Gasteiger partial charge in [0.15, 0.2) is 0 Å². The molecule has 0 bridgehead atoms. The summed E-state index contributed by atoms with van der Waals surface area (Å²) in [5, 5.41) is 2.90. The molecule has 1 amide bonds. The highest BCUT2D eigenvalue weighted by molar-refractivity contribution is 5.95. The van der Waals surface area contributed by atoms with Gasteiger partial charge in [-0.2, -0.15) is 0 Å². The summed E-state index contributed by atoms with van der Waals surface area (Å²) in [6, 6.07) is 7.66. The van der Waals surface area contributed by atoms with Gasteiger partial charge in [0.2, 0.25) is 5.95 Å². The highest BCUT2D eigenvalue weighted by Crippen LogP contribution is 2.11. The minimum Gasteiger partial charge on any atom is -0.347 e. The average molecular weight is 284 g/mol. The molecular weight excluding hydrogens is 264 g/mol. The van der Waals surface area contributed by atoms with Gasteiger partial charge in [-0.15, -0.1) is 0 Å². The summed E-state index contributed by atoms with van der Waals surface area (Å²) in [6.07, 6.45) is 1.70. The Balaban J connectivity index is 2.07. The lowest BCUT2D eigenvalue weighted by molar-refractivity contribution is 0.0949. The average Bonchev–Trinajstić information content (AvgIpc) is 2.47. The second-order valence-electron chi connectivity index (χ2n) is 5.24. The van der Waals surface area contributed by atoms with Crippen molar-refractivity contribution < 1.29 is 4.79 Å². The molecule has 5 heteroatoms. The van der Waals surface area contributed by atoms with Crippen LogP contribution in [0.2, 0.25) is 0 Å². The predicted octanol–water partition coefficient (Wildman–Crippen LogP) is 2.09. The van der Waals surface area contributed by atoms with Crippen LogP contribution in [0.1, 0.15) is 27.2 Å². The van der Waals surface area contributed by atoms with E-state index in [4.69, 9.17) is 0 Å². The molecule has 2 rings (SSSR count). The van der Waals surface area contributed by atoms with E-state index in [1.165, 1.54) is 0 Å². The number of carbonyl (C=O) groups is 1. The van der Waals surface area contributed by atoms with E-state index >= 15 is 0 Å². The van der Waals surface area contributed by atoms with Crippen LogP contribution in [0.15, 0.2) is 30.5 Å². The molecule has 1 aromatic carbocycles. The molecule has 0 spiro atoms. The molecule has 0 unspecified atom stereocenters. The Bertz CT molecular complexity index is 652. The van der Waals surface area contributed by atoms with Gasteiger partial charge in [-0.25, -0.2) is 9.97 Å². The van der Waals surface area contributed by atoms with Crippen LogP contribution >= 0.6 is 0 Å². The molecule has 1 aromatic heterocycles. The fraction of sp³-hybridized carbons (Fsp3) is 0.312. The highest BCUT2D eigenvalue weighted by Gasteiger charge is 2.09. The van der Waals surface area contributed by atoms with Crippen molar-refractivity contribution in [2.24, 2.45) is 0 Å². The van der Waals surface area contributed by atoms with Crippen LogP contribution in [0.4, 0.5) is 5.95 Å². The van der Waals surface area contributed by atoms with Crippen LogP contribution in [0, 0.1) is 13.8 Å². The second kappa shape index (κ2) is 6.35. The molecule has 0 aliphatic carbocycles.